The molecule has 2 nitrogen and oxygen atoms in total. The zero-order valence-corrected chi connectivity index (χ0v) is 10.6. The molecule has 1 aliphatic carbocycles. The highest BCUT2D eigenvalue weighted by molar-refractivity contribution is 5.17. The maximum absolute atomic E-state index is 13.2. The Morgan fingerprint density at radius 3 is 2.94 bits per heavy atom. The van der Waals surface area contributed by atoms with Crippen LogP contribution in [0.25, 0.3) is 0 Å². The molecule has 1 aliphatic heterocycles. The van der Waals surface area contributed by atoms with Crippen molar-refractivity contribution in [3.63, 3.8) is 0 Å². The maximum atomic E-state index is 13.2. The van der Waals surface area contributed by atoms with Crippen molar-refractivity contribution < 1.29 is 9.13 Å². The highest BCUT2D eigenvalue weighted by atomic mass is 19.1. The van der Waals surface area contributed by atoms with E-state index in [0.29, 0.717) is 12.0 Å². The van der Waals surface area contributed by atoms with E-state index in [9.17, 15) is 4.39 Å². The first-order valence-electron chi connectivity index (χ1n) is 6.89. The Balaban J connectivity index is 1.64. The topological polar surface area (TPSA) is 21.3 Å². The lowest BCUT2D eigenvalue weighted by atomic mass is 9.89. The number of hydrogen-bond donors (Lipinski definition) is 1. The SMILES string of the molecule is Fc1cccc(CC2COCCC2NC2CC2)c1. The van der Waals surface area contributed by atoms with E-state index in [2.05, 4.69) is 5.32 Å². The van der Waals surface area contributed by atoms with Gasteiger partial charge in [0.25, 0.3) is 0 Å². The second-order valence-electron chi connectivity index (χ2n) is 5.51. The first kappa shape index (κ1) is 12.1. The number of ether oxygens (including phenoxy) is 1. The van der Waals surface area contributed by atoms with Crippen LogP contribution in [-0.4, -0.2) is 25.3 Å². The second kappa shape index (κ2) is 5.37. The molecule has 3 rings (SSSR count). The van der Waals surface area contributed by atoms with E-state index in [1.54, 1.807) is 12.1 Å². The van der Waals surface area contributed by atoms with E-state index in [1.807, 2.05) is 6.07 Å². The van der Waals surface area contributed by atoms with Crippen LogP contribution < -0.4 is 5.32 Å². The molecule has 0 amide bonds. The van der Waals surface area contributed by atoms with Crippen molar-refractivity contribution in [2.24, 2.45) is 5.92 Å². The van der Waals surface area contributed by atoms with E-state index in [-0.39, 0.29) is 5.82 Å². The van der Waals surface area contributed by atoms with Gasteiger partial charge in [-0.2, -0.15) is 0 Å². The highest BCUT2D eigenvalue weighted by Gasteiger charge is 2.31. The second-order valence-corrected chi connectivity index (χ2v) is 5.51. The van der Waals surface area contributed by atoms with Crippen molar-refractivity contribution in [1.82, 2.24) is 5.32 Å². The zero-order valence-electron chi connectivity index (χ0n) is 10.6. The lowest BCUT2D eigenvalue weighted by molar-refractivity contribution is 0.0316. The van der Waals surface area contributed by atoms with Crippen LogP contribution in [-0.2, 0) is 11.2 Å². The number of hydrogen-bond acceptors (Lipinski definition) is 2. The summed E-state index contributed by atoms with van der Waals surface area (Å²) >= 11 is 0. The first-order chi connectivity index (χ1) is 8.81. The molecule has 98 valence electrons. The molecule has 1 aromatic rings. The average Bonchev–Trinajstić information content (AvgIpc) is 3.16. The van der Waals surface area contributed by atoms with Gasteiger partial charge in [-0.3, -0.25) is 0 Å². The van der Waals surface area contributed by atoms with Crippen molar-refractivity contribution in [2.75, 3.05) is 13.2 Å². The fourth-order valence-electron chi connectivity index (χ4n) is 2.74. The molecule has 0 bridgehead atoms. The minimum Gasteiger partial charge on any atom is -0.381 e. The van der Waals surface area contributed by atoms with Gasteiger partial charge in [0.05, 0.1) is 6.61 Å². The molecule has 3 heteroatoms. The van der Waals surface area contributed by atoms with Crippen LogP contribution in [0.5, 0.6) is 0 Å². The molecule has 18 heavy (non-hydrogen) atoms. The molecule has 0 radical (unpaired) electrons. The van der Waals surface area contributed by atoms with Gasteiger partial charge in [0.15, 0.2) is 0 Å². The summed E-state index contributed by atoms with van der Waals surface area (Å²) < 4.78 is 18.8. The molecule has 2 atom stereocenters. The molecule has 2 unspecified atom stereocenters. The molecular weight excluding hydrogens is 229 g/mol. The van der Waals surface area contributed by atoms with Crippen molar-refractivity contribution in [3.8, 4) is 0 Å². The van der Waals surface area contributed by atoms with Crippen LogP contribution >= 0.6 is 0 Å². The number of rotatable bonds is 4. The van der Waals surface area contributed by atoms with Crippen molar-refractivity contribution in [1.29, 1.82) is 0 Å². The van der Waals surface area contributed by atoms with Crippen LogP contribution in [0.2, 0.25) is 0 Å². The summed E-state index contributed by atoms with van der Waals surface area (Å²) in [7, 11) is 0. The van der Waals surface area contributed by atoms with Gasteiger partial charge < -0.3 is 10.1 Å². The molecule has 1 heterocycles. The predicted octanol–water partition coefficient (Wildman–Crippen LogP) is 2.53. The molecule has 1 aromatic carbocycles. The molecule has 1 N–H and O–H groups in total. The minimum atomic E-state index is -0.143. The van der Waals surface area contributed by atoms with E-state index in [4.69, 9.17) is 4.74 Å². The largest absolute Gasteiger partial charge is 0.381 e. The quantitative estimate of drug-likeness (QED) is 0.885. The van der Waals surface area contributed by atoms with Crippen molar-refractivity contribution in [2.45, 2.75) is 37.8 Å². The first-order valence-corrected chi connectivity index (χ1v) is 6.89. The molecule has 1 saturated carbocycles. The molecular formula is C15H20FNO. The van der Waals surface area contributed by atoms with Gasteiger partial charge in [-0.25, -0.2) is 4.39 Å². The Morgan fingerprint density at radius 1 is 1.28 bits per heavy atom. The monoisotopic (exact) mass is 249 g/mol. The van der Waals surface area contributed by atoms with Gasteiger partial charge >= 0.3 is 0 Å². The molecule has 1 saturated heterocycles. The normalized spacial score (nSPS) is 28.3. The molecule has 0 spiro atoms. The summed E-state index contributed by atoms with van der Waals surface area (Å²) in [4.78, 5) is 0. The molecule has 2 aliphatic rings. The lowest BCUT2D eigenvalue weighted by Gasteiger charge is -2.32. The van der Waals surface area contributed by atoms with Gasteiger partial charge in [0.1, 0.15) is 5.82 Å². The Hall–Kier alpha value is -0.930. The fraction of sp³-hybridized carbons (Fsp3) is 0.600. The molecule has 2 fully saturated rings. The summed E-state index contributed by atoms with van der Waals surface area (Å²) in [5.74, 6) is 0.331. The Labute approximate surface area is 108 Å². The third-order valence-corrected chi connectivity index (χ3v) is 3.89. The molecule has 0 aromatic heterocycles. The predicted molar refractivity (Wildman–Crippen MR) is 69.0 cm³/mol. The van der Waals surface area contributed by atoms with Gasteiger partial charge in [-0.15, -0.1) is 0 Å². The van der Waals surface area contributed by atoms with Crippen molar-refractivity contribution in [3.05, 3.63) is 35.6 Å². The van der Waals surface area contributed by atoms with Gasteiger partial charge in [0, 0.05) is 24.6 Å². The Bertz CT molecular complexity index is 405. The highest BCUT2D eigenvalue weighted by Crippen LogP contribution is 2.26. The van der Waals surface area contributed by atoms with E-state index >= 15 is 0 Å². The average molecular weight is 249 g/mol. The van der Waals surface area contributed by atoms with Crippen LogP contribution in [0.15, 0.2) is 24.3 Å². The lowest BCUT2D eigenvalue weighted by Crippen LogP contribution is -2.44. The van der Waals surface area contributed by atoms with Crippen LogP contribution in [0.3, 0.4) is 0 Å². The van der Waals surface area contributed by atoms with Crippen LogP contribution in [0.4, 0.5) is 4.39 Å². The van der Waals surface area contributed by atoms with Gasteiger partial charge in [0.2, 0.25) is 0 Å². The smallest absolute Gasteiger partial charge is 0.123 e. The number of halogens is 1. The third kappa shape index (κ3) is 3.09. The van der Waals surface area contributed by atoms with Crippen molar-refractivity contribution >= 4 is 0 Å². The summed E-state index contributed by atoms with van der Waals surface area (Å²) in [6, 6.07) is 8.20. The minimum absolute atomic E-state index is 0.143. The fourth-order valence-corrected chi connectivity index (χ4v) is 2.74. The van der Waals surface area contributed by atoms with Gasteiger partial charge in [-0.05, 0) is 43.4 Å². The van der Waals surface area contributed by atoms with Crippen LogP contribution in [0, 0.1) is 11.7 Å². The Morgan fingerprint density at radius 2 is 2.17 bits per heavy atom. The van der Waals surface area contributed by atoms with E-state index < -0.39 is 0 Å². The van der Waals surface area contributed by atoms with E-state index in [0.717, 1.165) is 37.7 Å². The summed E-state index contributed by atoms with van der Waals surface area (Å²) in [5, 5.41) is 3.70. The van der Waals surface area contributed by atoms with Crippen LogP contribution in [0.1, 0.15) is 24.8 Å². The standard InChI is InChI=1S/C15H20FNO/c16-13-3-1-2-11(9-13)8-12-10-18-7-6-15(12)17-14-4-5-14/h1-3,9,12,14-15,17H,4-8,10H2. The number of nitrogens with one attached hydrogen (secondary N) is 1. The Kier molecular flexibility index (Phi) is 3.62. The zero-order chi connectivity index (χ0) is 12.4. The van der Waals surface area contributed by atoms with Gasteiger partial charge in [-0.1, -0.05) is 12.1 Å². The summed E-state index contributed by atoms with van der Waals surface area (Å²) in [6.45, 7) is 1.64. The third-order valence-electron chi connectivity index (χ3n) is 3.89. The maximum Gasteiger partial charge on any atom is 0.123 e. The summed E-state index contributed by atoms with van der Waals surface area (Å²) in [6.07, 6.45) is 4.60. The summed E-state index contributed by atoms with van der Waals surface area (Å²) in [5.41, 5.74) is 1.08. The number of benzene rings is 1. The van der Waals surface area contributed by atoms with E-state index in [1.165, 1.54) is 18.9 Å².